The molecule has 1 aromatic heterocycles. The van der Waals surface area contributed by atoms with Gasteiger partial charge in [-0.15, -0.1) is 11.3 Å². The van der Waals surface area contributed by atoms with Gasteiger partial charge in [0.15, 0.2) is 0 Å². The van der Waals surface area contributed by atoms with Crippen LogP contribution in [0.25, 0.3) is 0 Å². The van der Waals surface area contributed by atoms with Crippen LogP contribution in [0.1, 0.15) is 29.3 Å². The third-order valence-electron chi connectivity index (χ3n) is 4.83. The van der Waals surface area contributed by atoms with Crippen molar-refractivity contribution in [3.8, 4) is 11.5 Å². The smallest absolute Gasteiger partial charge is 0.237 e. The summed E-state index contributed by atoms with van der Waals surface area (Å²) < 4.78 is 12.0. The van der Waals surface area contributed by atoms with E-state index in [-0.39, 0.29) is 11.9 Å². The average Bonchev–Trinajstić information content (AvgIpc) is 3.30. The van der Waals surface area contributed by atoms with Gasteiger partial charge >= 0.3 is 0 Å². The number of methoxy groups -OCH3 is 2. The van der Waals surface area contributed by atoms with Gasteiger partial charge < -0.3 is 14.4 Å². The normalized spacial score (nSPS) is 16.8. The van der Waals surface area contributed by atoms with Crippen LogP contribution in [0.15, 0.2) is 34.1 Å². The molecule has 1 amide bonds. The van der Waals surface area contributed by atoms with Crippen LogP contribution < -0.4 is 9.47 Å². The molecule has 0 aliphatic carbocycles. The second kappa shape index (κ2) is 9.08. The Morgan fingerprint density at radius 2 is 2.11 bits per heavy atom. The molecule has 2 heterocycles. The van der Waals surface area contributed by atoms with Crippen LogP contribution >= 0.6 is 27.3 Å². The highest BCUT2D eigenvalue weighted by molar-refractivity contribution is 9.11. The largest absolute Gasteiger partial charge is 0.497 e. The Bertz CT molecular complexity index is 795. The Hall–Kier alpha value is -1.57. The first-order valence-corrected chi connectivity index (χ1v) is 10.6. The molecule has 1 unspecified atom stereocenters. The van der Waals surface area contributed by atoms with Crippen LogP contribution in [0.5, 0.6) is 11.5 Å². The summed E-state index contributed by atoms with van der Waals surface area (Å²) in [6.07, 6.45) is 1.94. The molecule has 7 heteroatoms. The molecule has 1 aliphatic heterocycles. The Balaban J connectivity index is 1.71. The van der Waals surface area contributed by atoms with Crippen LogP contribution in [-0.2, 0) is 11.3 Å². The number of ether oxygens (including phenoxy) is 2. The Kier molecular flexibility index (Phi) is 6.78. The van der Waals surface area contributed by atoms with Crippen molar-refractivity contribution < 1.29 is 14.3 Å². The maximum absolute atomic E-state index is 13.0. The molecule has 1 fully saturated rings. The number of hydrogen-bond acceptors (Lipinski definition) is 5. The number of likely N-dealkylation sites (tertiary alicyclic amines) is 1. The monoisotopic (exact) mass is 452 g/mol. The van der Waals surface area contributed by atoms with Gasteiger partial charge in [-0.25, -0.2) is 0 Å². The summed E-state index contributed by atoms with van der Waals surface area (Å²) in [4.78, 5) is 18.3. The number of benzene rings is 1. The van der Waals surface area contributed by atoms with Crippen molar-refractivity contribution >= 4 is 33.2 Å². The quantitative estimate of drug-likeness (QED) is 0.626. The highest BCUT2D eigenvalue weighted by atomic mass is 79.9. The molecule has 1 aliphatic rings. The van der Waals surface area contributed by atoms with Crippen LogP contribution in [0.4, 0.5) is 0 Å². The van der Waals surface area contributed by atoms with Crippen molar-refractivity contribution in [1.29, 1.82) is 0 Å². The van der Waals surface area contributed by atoms with E-state index >= 15 is 0 Å². The number of carbonyl (C=O) groups is 1. The summed E-state index contributed by atoms with van der Waals surface area (Å²) in [7, 11) is 5.31. The molecular formula is C20H25BrN2O3S. The summed E-state index contributed by atoms with van der Waals surface area (Å²) in [5, 5.41) is 0. The number of amides is 1. The maximum Gasteiger partial charge on any atom is 0.237 e. The van der Waals surface area contributed by atoms with Crippen molar-refractivity contribution in [2.45, 2.75) is 25.4 Å². The van der Waals surface area contributed by atoms with E-state index in [0.717, 1.165) is 46.8 Å². The summed E-state index contributed by atoms with van der Waals surface area (Å²) in [5.74, 6) is 1.74. The lowest BCUT2D eigenvalue weighted by atomic mass is 10.0. The first-order valence-electron chi connectivity index (χ1n) is 8.96. The fraction of sp³-hybridized carbons (Fsp3) is 0.450. The lowest BCUT2D eigenvalue weighted by molar-refractivity contribution is -0.133. The molecule has 5 nitrogen and oxygen atoms in total. The molecule has 27 heavy (non-hydrogen) atoms. The van der Waals surface area contributed by atoms with Crippen molar-refractivity contribution in [1.82, 2.24) is 9.80 Å². The molecule has 1 atom stereocenters. The first kappa shape index (κ1) is 20.2. The fourth-order valence-electron chi connectivity index (χ4n) is 3.57. The molecule has 0 saturated carbocycles. The van der Waals surface area contributed by atoms with Gasteiger partial charge in [-0.2, -0.15) is 0 Å². The van der Waals surface area contributed by atoms with E-state index in [1.807, 2.05) is 36.2 Å². The van der Waals surface area contributed by atoms with E-state index < -0.39 is 0 Å². The minimum Gasteiger partial charge on any atom is -0.497 e. The van der Waals surface area contributed by atoms with Crippen molar-refractivity contribution in [3.05, 3.63) is 44.6 Å². The highest BCUT2D eigenvalue weighted by Gasteiger charge is 2.32. The molecule has 0 N–H and O–H groups in total. The van der Waals surface area contributed by atoms with Gasteiger partial charge in [0.1, 0.15) is 11.5 Å². The molecular weight excluding hydrogens is 428 g/mol. The second-order valence-electron chi connectivity index (χ2n) is 6.73. The zero-order chi connectivity index (χ0) is 19.4. The third-order valence-corrected chi connectivity index (χ3v) is 6.44. The van der Waals surface area contributed by atoms with Crippen LogP contribution in [0.2, 0.25) is 0 Å². The van der Waals surface area contributed by atoms with Crippen molar-refractivity contribution in [2.75, 3.05) is 34.4 Å². The molecule has 0 bridgehead atoms. The third kappa shape index (κ3) is 4.83. The van der Waals surface area contributed by atoms with E-state index in [0.29, 0.717) is 6.54 Å². The molecule has 2 aromatic rings. The zero-order valence-corrected chi connectivity index (χ0v) is 18.3. The molecule has 0 radical (unpaired) electrons. The van der Waals surface area contributed by atoms with Gasteiger partial charge in [0.05, 0.1) is 30.6 Å². The van der Waals surface area contributed by atoms with Crippen LogP contribution in [-0.4, -0.2) is 50.1 Å². The van der Waals surface area contributed by atoms with Gasteiger partial charge in [0, 0.05) is 23.5 Å². The topological polar surface area (TPSA) is 42.0 Å². The minimum absolute atomic E-state index is 0.0341. The standard InChI is InChI=1S/C20H25BrN2O3S/c1-22(12-15-7-9-19(21)27-15)13-20(24)23-10-4-5-17(23)16-11-14(25-2)6-8-18(16)26-3/h6-9,11,17H,4-5,10,12-13H2,1-3H3. The summed E-state index contributed by atoms with van der Waals surface area (Å²) >= 11 is 5.19. The predicted molar refractivity (Wildman–Crippen MR) is 112 cm³/mol. The van der Waals surface area contributed by atoms with E-state index in [4.69, 9.17) is 9.47 Å². The number of thiophene rings is 1. The van der Waals surface area contributed by atoms with E-state index in [2.05, 4.69) is 26.9 Å². The summed E-state index contributed by atoms with van der Waals surface area (Å²) in [6, 6.07) is 9.96. The molecule has 1 saturated heterocycles. The summed E-state index contributed by atoms with van der Waals surface area (Å²) in [6.45, 7) is 1.95. The second-order valence-corrected chi connectivity index (χ2v) is 9.28. The van der Waals surface area contributed by atoms with Gasteiger partial charge in [-0.05, 0) is 66.2 Å². The number of hydrogen-bond donors (Lipinski definition) is 0. The predicted octanol–water partition coefficient (Wildman–Crippen LogP) is 4.32. The van der Waals surface area contributed by atoms with Gasteiger partial charge in [0.25, 0.3) is 0 Å². The molecule has 1 aromatic carbocycles. The van der Waals surface area contributed by atoms with Crippen molar-refractivity contribution in [2.24, 2.45) is 0 Å². The zero-order valence-electron chi connectivity index (χ0n) is 15.9. The van der Waals surface area contributed by atoms with E-state index in [1.54, 1.807) is 25.6 Å². The number of likely N-dealkylation sites (N-methyl/N-ethyl adjacent to an activating group) is 1. The lowest BCUT2D eigenvalue weighted by Crippen LogP contribution is -2.38. The fourth-order valence-corrected chi connectivity index (χ4v) is 5.13. The first-order chi connectivity index (χ1) is 13.0. The van der Waals surface area contributed by atoms with Gasteiger partial charge in [-0.3, -0.25) is 9.69 Å². The average molecular weight is 453 g/mol. The molecule has 3 rings (SSSR count). The van der Waals surface area contributed by atoms with E-state index in [1.165, 1.54) is 4.88 Å². The van der Waals surface area contributed by atoms with Gasteiger partial charge in [-0.1, -0.05) is 0 Å². The van der Waals surface area contributed by atoms with Crippen LogP contribution in [0.3, 0.4) is 0 Å². The minimum atomic E-state index is 0.0341. The highest BCUT2D eigenvalue weighted by Crippen LogP contribution is 2.39. The number of carbonyl (C=O) groups excluding carboxylic acids is 1. The number of rotatable bonds is 7. The number of nitrogens with zero attached hydrogens (tertiary/aromatic N) is 2. The molecule has 146 valence electrons. The Morgan fingerprint density at radius 3 is 2.78 bits per heavy atom. The SMILES string of the molecule is COc1ccc(OC)c(C2CCCN2C(=O)CN(C)Cc2ccc(Br)s2)c1. The van der Waals surface area contributed by atoms with Crippen LogP contribution in [0, 0.1) is 0 Å². The molecule has 0 spiro atoms. The Morgan fingerprint density at radius 1 is 1.30 bits per heavy atom. The Labute approximate surface area is 173 Å². The van der Waals surface area contributed by atoms with E-state index in [9.17, 15) is 4.79 Å². The summed E-state index contributed by atoms with van der Waals surface area (Å²) in [5.41, 5.74) is 1.02. The van der Waals surface area contributed by atoms with Crippen molar-refractivity contribution in [3.63, 3.8) is 0 Å². The maximum atomic E-state index is 13.0. The lowest BCUT2D eigenvalue weighted by Gasteiger charge is -2.28. The number of halogens is 1. The van der Waals surface area contributed by atoms with Gasteiger partial charge in [0.2, 0.25) is 5.91 Å².